The van der Waals surface area contributed by atoms with E-state index in [-0.39, 0.29) is 52.4 Å². The van der Waals surface area contributed by atoms with Gasteiger partial charge in [-0.25, -0.2) is 4.79 Å². The molecule has 4 unspecified atom stereocenters. The molecule has 1 aromatic rings. The largest absolute Gasteiger partial charge is 0.463 e. The van der Waals surface area contributed by atoms with Crippen molar-refractivity contribution in [3.05, 3.63) is 34.4 Å². The van der Waals surface area contributed by atoms with Gasteiger partial charge in [-0.2, -0.15) is 0 Å². The fourth-order valence-corrected chi connectivity index (χ4v) is 8.98. The predicted molar refractivity (Wildman–Crippen MR) is 126 cm³/mol. The molecule has 4 fully saturated rings. The highest BCUT2D eigenvalue weighted by Crippen LogP contribution is 2.69. The molecule has 0 bridgehead atoms. The van der Waals surface area contributed by atoms with Crippen LogP contribution < -0.4 is 5.63 Å². The zero-order chi connectivity index (χ0) is 24.3. The smallest absolute Gasteiger partial charge is 0.335 e. The monoisotopic (exact) mass is 470 g/mol. The van der Waals surface area contributed by atoms with E-state index in [2.05, 4.69) is 13.8 Å². The highest BCUT2D eigenvalue weighted by Gasteiger charge is 2.63. The lowest BCUT2D eigenvalue weighted by atomic mass is 9.44. The summed E-state index contributed by atoms with van der Waals surface area (Å²) >= 11 is 0. The van der Waals surface area contributed by atoms with Crippen LogP contribution in [0.25, 0.3) is 0 Å². The first-order valence-electron chi connectivity index (χ1n) is 13.1. The molecule has 0 N–H and O–H groups in total. The second kappa shape index (κ2) is 8.53. The Balaban J connectivity index is 1.45. The number of ether oxygens (including phenoxy) is 2. The summed E-state index contributed by atoms with van der Waals surface area (Å²) in [5, 5.41) is 0. The van der Waals surface area contributed by atoms with Crippen LogP contribution in [0.5, 0.6) is 0 Å². The van der Waals surface area contributed by atoms with Gasteiger partial charge in [0.2, 0.25) is 0 Å². The Hall–Kier alpha value is -2.11. The molecule has 4 aliphatic rings. The molecule has 1 heterocycles. The van der Waals surface area contributed by atoms with Crippen LogP contribution in [-0.4, -0.2) is 24.1 Å². The van der Waals surface area contributed by atoms with Crippen LogP contribution in [0.1, 0.15) is 90.7 Å². The lowest BCUT2D eigenvalue weighted by molar-refractivity contribution is -0.195. The normalized spacial score (nSPS) is 43.2. The van der Waals surface area contributed by atoms with Gasteiger partial charge in [0.25, 0.3) is 0 Å². The average molecular weight is 471 g/mol. The Morgan fingerprint density at radius 3 is 2.29 bits per heavy atom. The topological polar surface area (TPSA) is 82.8 Å². The second-order valence-corrected chi connectivity index (χ2v) is 11.9. The van der Waals surface area contributed by atoms with Crippen molar-refractivity contribution in [2.24, 2.45) is 34.5 Å². The number of carbonyl (C=O) groups is 2. The molecule has 4 aliphatic carbocycles. The van der Waals surface area contributed by atoms with Gasteiger partial charge in [-0.3, -0.25) is 9.59 Å². The highest BCUT2D eigenvalue weighted by molar-refractivity contribution is 5.66. The zero-order valence-corrected chi connectivity index (χ0v) is 20.9. The number of rotatable bonds is 3. The van der Waals surface area contributed by atoms with E-state index >= 15 is 0 Å². The van der Waals surface area contributed by atoms with E-state index in [1.807, 2.05) is 12.1 Å². The van der Waals surface area contributed by atoms with Crippen LogP contribution in [0, 0.1) is 34.5 Å². The van der Waals surface area contributed by atoms with Gasteiger partial charge in [-0.1, -0.05) is 19.9 Å². The fraction of sp³-hybridized carbons (Fsp3) is 0.750. The van der Waals surface area contributed by atoms with E-state index in [0.29, 0.717) is 17.8 Å². The summed E-state index contributed by atoms with van der Waals surface area (Å²) in [6.45, 7) is 7.77. The summed E-state index contributed by atoms with van der Waals surface area (Å²) in [5.41, 5.74) is -0.124. The van der Waals surface area contributed by atoms with Gasteiger partial charge in [0, 0.05) is 31.7 Å². The van der Waals surface area contributed by atoms with E-state index in [0.717, 1.165) is 57.1 Å². The van der Waals surface area contributed by atoms with Crippen molar-refractivity contribution in [3.8, 4) is 0 Å². The standard InChI is InChI=1S/C28H38O6/c1-16(29)32-18-10-12-28(4)21-11-13-27(3)20(8-9-22(27)24-6-5-7-26(31)34-24)19(21)15-25(23(28)14-18)33-17(2)30/h5-7,18-23,25H,8-15H2,1-4H3/t18?,19-,20-,21-,22?,23?,25?,27-,28+/m0/s1. The number of hydrogen-bond acceptors (Lipinski definition) is 6. The van der Waals surface area contributed by atoms with E-state index in [4.69, 9.17) is 13.9 Å². The molecule has 0 spiro atoms. The van der Waals surface area contributed by atoms with Gasteiger partial charge in [-0.15, -0.1) is 0 Å². The van der Waals surface area contributed by atoms with Gasteiger partial charge in [-0.05, 0) is 86.0 Å². The lowest BCUT2D eigenvalue weighted by Crippen LogP contribution is -2.59. The number of hydrogen-bond donors (Lipinski definition) is 0. The molecular weight excluding hydrogens is 432 g/mol. The summed E-state index contributed by atoms with van der Waals surface area (Å²) in [6.07, 6.45) is 7.71. The Morgan fingerprint density at radius 1 is 0.882 bits per heavy atom. The summed E-state index contributed by atoms with van der Waals surface area (Å²) in [6, 6.07) is 5.27. The molecule has 186 valence electrons. The van der Waals surface area contributed by atoms with Crippen LogP contribution in [0.2, 0.25) is 0 Å². The number of carbonyl (C=O) groups excluding carboxylic acids is 2. The van der Waals surface area contributed by atoms with Crippen molar-refractivity contribution in [2.45, 2.75) is 97.2 Å². The first-order chi connectivity index (χ1) is 16.1. The third-order valence-electron chi connectivity index (χ3n) is 10.3. The fourth-order valence-electron chi connectivity index (χ4n) is 8.98. The van der Waals surface area contributed by atoms with Gasteiger partial charge in [0.15, 0.2) is 0 Å². The van der Waals surface area contributed by atoms with Crippen molar-refractivity contribution in [1.82, 2.24) is 0 Å². The molecule has 5 rings (SSSR count). The quantitative estimate of drug-likeness (QED) is 0.562. The summed E-state index contributed by atoms with van der Waals surface area (Å²) in [5.74, 6) is 2.41. The van der Waals surface area contributed by atoms with E-state index in [9.17, 15) is 14.4 Å². The molecule has 1 aromatic heterocycles. The maximum atomic E-state index is 12.1. The maximum Gasteiger partial charge on any atom is 0.335 e. The molecular formula is C28H38O6. The Morgan fingerprint density at radius 2 is 1.59 bits per heavy atom. The first kappa shape index (κ1) is 23.6. The molecule has 4 saturated carbocycles. The highest BCUT2D eigenvalue weighted by atomic mass is 16.5. The Kier molecular flexibility index (Phi) is 5.92. The van der Waals surface area contributed by atoms with Crippen molar-refractivity contribution >= 4 is 11.9 Å². The minimum Gasteiger partial charge on any atom is -0.463 e. The molecule has 6 heteroatoms. The minimum atomic E-state index is -0.272. The molecule has 0 aliphatic heterocycles. The molecule has 6 nitrogen and oxygen atoms in total. The SMILES string of the molecule is CC(=O)OC1CC[C@@]2(C)C(C1)C(OC(C)=O)C[C@@H]1[C@@H]2CC[C@]2(C)C(c3cccc(=O)o3)CC[C@@H]12. The third-order valence-corrected chi connectivity index (χ3v) is 10.3. The lowest BCUT2D eigenvalue weighted by Gasteiger charge is -2.62. The van der Waals surface area contributed by atoms with Gasteiger partial charge in [0.1, 0.15) is 18.0 Å². The molecule has 0 radical (unpaired) electrons. The van der Waals surface area contributed by atoms with Crippen LogP contribution >= 0.6 is 0 Å². The van der Waals surface area contributed by atoms with Gasteiger partial charge >= 0.3 is 17.6 Å². The van der Waals surface area contributed by atoms with Crippen molar-refractivity contribution in [2.75, 3.05) is 0 Å². The predicted octanol–water partition coefficient (Wildman–Crippen LogP) is 5.24. The van der Waals surface area contributed by atoms with Crippen molar-refractivity contribution in [1.29, 1.82) is 0 Å². The third kappa shape index (κ3) is 3.81. The van der Waals surface area contributed by atoms with Crippen molar-refractivity contribution in [3.63, 3.8) is 0 Å². The summed E-state index contributed by atoms with van der Waals surface area (Å²) in [7, 11) is 0. The number of esters is 2. The van der Waals surface area contributed by atoms with E-state index < -0.39 is 0 Å². The van der Waals surface area contributed by atoms with Crippen molar-refractivity contribution < 1.29 is 23.5 Å². The summed E-state index contributed by atoms with van der Waals surface area (Å²) < 4.78 is 17.3. The Bertz CT molecular complexity index is 1010. The summed E-state index contributed by atoms with van der Waals surface area (Å²) in [4.78, 5) is 35.7. The molecule has 34 heavy (non-hydrogen) atoms. The first-order valence-corrected chi connectivity index (χ1v) is 13.1. The van der Waals surface area contributed by atoms with Crippen LogP contribution in [-0.2, 0) is 19.1 Å². The zero-order valence-electron chi connectivity index (χ0n) is 20.9. The molecule has 0 saturated heterocycles. The number of fused-ring (bicyclic) bond motifs is 5. The molecule has 9 atom stereocenters. The van der Waals surface area contributed by atoms with Gasteiger partial charge < -0.3 is 13.9 Å². The van der Waals surface area contributed by atoms with Crippen LogP contribution in [0.4, 0.5) is 0 Å². The van der Waals surface area contributed by atoms with E-state index in [1.165, 1.54) is 19.9 Å². The molecule has 0 amide bonds. The maximum absolute atomic E-state index is 12.1. The average Bonchev–Trinajstić information content (AvgIpc) is 3.11. The van der Waals surface area contributed by atoms with E-state index in [1.54, 1.807) is 0 Å². The Labute approximate surface area is 201 Å². The minimum absolute atomic E-state index is 0.0679. The second-order valence-electron chi connectivity index (χ2n) is 11.9. The molecule has 0 aromatic carbocycles. The van der Waals surface area contributed by atoms with Crippen LogP contribution in [0.3, 0.4) is 0 Å². The van der Waals surface area contributed by atoms with Gasteiger partial charge in [0.05, 0.1) is 0 Å². The van der Waals surface area contributed by atoms with Crippen LogP contribution in [0.15, 0.2) is 27.4 Å².